The van der Waals surface area contributed by atoms with Crippen molar-refractivity contribution >= 4 is 20.2 Å². The van der Waals surface area contributed by atoms with E-state index in [1.54, 1.807) is 30.3 Å². The van der Waals surface area contributed by atoms with E-state index in [4.69, 9.17) is 4.74 Å². The molecule has 0 fully saturated rings. The Hall–Kier alpha value is -3.92. The number of hydrogen-bond donors (Lipinski definition) is 5. The largest absolute Gasteiger partial charge is 0.508 e. The number of phenols is 1. The van der Waals surface area contributed by atoms with E-state index in [9.17, 15) is 24.6 Å². The highest BCUT2D eigenvalue weighted by molar-refractivity contribution is 6.72. The minimum absolute atomic E-state index is 0.0123. The van der Waals surface area contributed by atoms with Crippen LogP contribution in [0.4, 0.5) is 0 Å². The first-order chi connectivity index (χ1) is 20.7. The summed E-state index contributed by atoms with van der Waals surface area (Å²) in [5.41, 5.74) is 5.54. The number of carbonyl (C=O) groups excluding carboxylic acids is 2. The molecule has 0 aliphatic heterocycles. The van der Waals surface area contributed by atoms with Crippen LogP contribution in [0.15, 0.2) is 79.0 Å². The zero-order valence-corrected chi connectivity index (χ0v) is 27.4. The molecule has 5 N–H and O–H groups in total. The fourth-order valence-corrected chi connectivity index (χ4v) is 5.66. The Morgan fingerprint density at radius 2 is 1.61 bits per heavy atom. The van der Waals surface area contributed by atoms with Gasteiger partial charge in [-0.2, -0.15) is 0 Å². The number of methoxy groups -OCH3 is 1. The van der Waals surface area contributed by atoms with Crippen LogP contribution >= 0.6 is 0 Å². The molecule has 1 atom stereocenters. The molecule has 9 heteroatoms. The van der Waals surface area contributed by atoms with E-state index in [1.807, 2.05) is 49.5 Å². The summed E-state index contributed by atoms with van der Waals surface area (Å²) < 4.78 is 4.72. The van der Waals surface area contributed by atoms with Crippen molar-refractivity contribution in [3.8, 4) is 5.75 Å². The zero-order chi connectivity index (χ0) is 32.5. The van der Waals surface area contributed by atoms with Gasteiger partial charge in [0.1, 0.15) is 5.75 Å². The zero-order valence-electron chi connectivity index (χ0n) is 26.4. The van der Waals surface area contributed by atoms with Gasteiger partial charge >= 0.3 is 5.97 Å². The van der Waals surface area contributed by atoms with Gasteiger partial charge in [0.25, 0.3) is 0 Å². The van der Waals surface area contributed by atoms with Crippen LogP contribution in [0.1, 0.15) is 64.4 Å². The minimum atomic E-state index is -2.48. The quantitative estimate of drug-likeness (QED) is 0.115. The highest BCUT2D eigenvalue weighted by Gasteiger charge is 2.40. The number of rotatable bonds is 15. The number of nitrogens with one attached hydrogen (secondary N) is 2. The van der Waals surface area contributed by atoms with Crippen molar-refractivity contribution in [1.29, 1.82) is 0 Å². The van der Waals surface area contributed by atoms with E-state index in [0.717, 1.165) is 34.4 Å². The van der Waals surface area contributed by atoms with E-state index in [2.05, 4.69) is 31.1 Å². The fraction of sp³-hybridized carbons (Fsp3) is 0.371. The third-order valence-electron chi connectivity index (χ3n) is 8.39. The van der Waals surface area contributed by atoms with Crippen molar-refractivity contribution in [2.45, 2.75) is 70.3 Å². The van der Waals surface area contributed by atoms with Crippen molar-refractivity contribution in [2.24, 2.45) is 0 Å². The maximum absolute atomic E-state index is 12.6. The van der Waals surface area contributed by atoms with Gasteiger partial charge < -0.3 is 30.4 Å². The molecule has 0 aliphatic carbocycles. The van der Waals surface area contributed by atoms with Crippen molar-refractivity contribution in [1.82, 2.24) is 10.6 Å². The van der Waals surface area contributed by atoms with Crippen LogP contribution in [0.2, 0.25) is 18.1 Å². The van der Waals surface area contributed by atoms with Gasteiger partial charge in [0.05, 0.1) is 25.7 Å². The van der Waals surface area contributed by atoms with Crippen LogP contribution in [0, 0.1) is 0 Å². The van der Waals surface area contributed by atoms with Crippen LogP contribution < -0.4 is 10.6 Å². The lowest BCUT2D eigenvalue weighted by atomic mass is 9.88. The molecule has 3 aromatic rings. The molecule has 0 spiro atoms. The molecular formula is C35H46N2O6Si. The van der Waals surface area contributed by atoms with Crippen LogP contribution in [0.5, 0.6) is 5.75 Å². The molecule has 0 radical (unpaired) electrons. The average molecular weight is 619 g/mol. The predicted molar refractivity (Wildman–Crippen MR) is 176 cm³/mol. The molecule has 0 saturated heterocycles. The SMILES string of the molecule is C=C(Cc1cccc(CC(=O)NCc2ccc(C(=O)OC)cc2)c1)NC[C@H](CC(C)(C)[Si](C)(C)O)c1ccc(O)c(CO)c1. The average Bonchev–Trinajstić information content (AvgIpc) is 2.98. The first-order valence-corrected chi connectivity index (χ1v) is 17.8. The maximum Gasteiger partial charge on any atom is 0.337 e. The minimum Gasteiger partial charge on any atom is -0.508 e. The molecule has 3 rings (SSSR count). The number of aromatic hydroxyl groups is 1. The van der Waals surface area contributed by atoms with Crippen molar-refractivity contribution in [3.63, 3.8) is 0 Å². The highest BCUT2D eigenvalue weighted by Crippen LogP contribution is 2.44. The van der Waals surface area contributed by atoms with Crippen molar-refractivity contribution < 1.29 is 29.3 Å². The summed E-state index contributed by atoms with van der Waals surface area (Å²) in [7, 11) is -1.14. The number of carbonyl (C=O) groups is 2. The molecule has 8 nitrogen and oxygen atoms in total. The van der Waals surface area contributed by atoms with Gasteiger partial charge in [-0.3, -0.25) is 4.79 Å². The molecule has 3 aromatic carbocycles. The second kappa shape index (κ2) is 15.2. The first-order valence-electron chi connectivity index (χ1n) is 14.8. The highest BCUT2D eigenvalue weighted by atomic mass is 28.4. The molecule has 1 amide bonds. The Balaban J connectivity index is 1.60. The molecule has 0 unspecified atom stereocenters. The van der Waals surface area contributed by atoms with Gasteiger partial charge in [-0.05, 0) is 71.1 Å². The van der Waals surface area contributed by atoms with E-state index in [0.29, 0.717) is 30.6 Å². The summed E-state index contributed by atoms with van der Waals surface area (Å²) in [6.07, 6.45) is 1.54. The third-order valence-corrected chi connectivity index (χ3v) is 11.9. The Bertz CT molecular complexity index is 1450. The summed E-state index contributed by atoms with van der Waals surface area (Å²) in [4.78, 5) is 35.2. The van der Waals surface area contributed by atoms with Gasteiger partial charge in [-0.25, -0.2) is 4.79 Å². The Morgan fingerprint density at radius 1 is 0.955 bits per heavy atom. The summed E-state index contributed by atoms with van der Waals surface area (Å²) in [6.45, 7) is 13.0. The Labute approximate surface area is 261 Å². The molecule has 236 valence electrons. The van der Waals surface area contributed by atoms with E-state index in [1.165, 1.54) is 7.11 Å². The molecule has 0 heterocycles. The Morgan fingerprint density at radius 3 is 2.23 bits per heavy atom. The smallest absolute Gasteiger partial charge is 0.337 e. The van der Waals surface area contributed by atoms with E-state index in [-0.39, 0.29) is 35.6 Å². The molecule has 44 heavy (non-hydrogen) atoms. The number of amides is 1. The number of hydrogen-bond acceptors (Lipinski definition) is 7. The Kier molecular flexibility index (Phi) is 11.9. The van der Waals surface area contributed by atoms with Gasteiger partial charge in [0.15, 0.2) is 8.32 Å². The lowest BCUT2D eigenvalue weighted by Crippen LogP contribution is -2.40. The molecular weight excluding hydrogens is 572 g/mol. The maximum atomic E-state index is 12.6. The van der Waals surface area contributed by atoms with Crippen LogP contribution in [0.3, 0.4) is 0 Å². The first kappa shape index (κ1) is 34.6. The van der Waals surface area contributed by atoms with Crippen molar-refractivity contribution in [3.05, 3.63) is 112 Å². The number of esters is 1. The van der Waals surface area contributed by atoms with Crippen LogP contribution in [-0.4, -0.2) is 48.9 Å². The van der Waals surface area contributed by atoms with Gasteiger partial charge in [0.2, 0.25) is 5.91 Å². The normalized spacial score (nSPS) is 12.3. The third kappa shape index (κ3) is 9.80. The molecule has 0 aromatic heterocycles. The topological polar surface area (TPSA) is 128 Å². The number of aliphatic hydroxyl groups excluding tert-OH is 1. The number of ether oxygens (including phenoxy) is 1. The second-order valence-electron chi connectivity index (χ2n) is 12.5. The summed E-state index contributed by atoms with van der Waals surface area (Å²) >= 11 is 0. The van der Waals surface area contributed by atoms with E-state index < -0.39 is 14.3 Å². The molecule has 0 bridgehead atoms. The summed E-state index contributed by atoms with van der Waals surface area (Å²) in [6, 6.07) is 20.1. The lowest BCUT2D eigenvalue weighted by Gasteiger charge is -2.38. The van der Waals surface area contributed by atoms with Crippen LogP contribution in [-0.2, 0) is 35.5 Å². The fourth-order valence-electron chi connectivity index (χ4n) is 4.91. The van der Waals surface area contributed by atoms with Gasteiger partial charge in [-0.1, -0.05) is 62.9 Å². The second-order valence-corrected chi connectivity index (χ2v) is 17.0. The number of allylic oxidation sites excluding steroid dienone is 1. The standard InChI is InChI=1S/C35H46N2O6Si/c1-24(36-22-31(20-35(2,3)44(5,6)42)29-14-15-32(39)30(19-29)23-38)16-26-8-7-9-27(17-26)18-33(40)37-21-25-10-12-28(13-11-25)34(41)43-4/h7-15,17,19,31,36,38-39,42H,1,16,18,20-23H2,2-6H3,(H,37,40)/t31-/m0/s1. The van der Waals surface area contributed by atoms with Gasteiger partial charge in [0, 0.05) is 36.7 Å². The predicted octanol–water partition coefficient (Wildman–Crippen LogP) is 5.33. The lowest BCUT2D eigenvalue weighted by molar-refractivity contribution is -0.120. The summed E-state index contributed by atoms with van der Waals surface area (Å²) in [5, 5.41) is 25.9. The number of benzene rings is 3. The summed E-state index contributed by atoms with van der Waals surface area (Å²) in [5.74, 6) is -0.430. The monoisotopic (exact) mass is 618 g/mol. The molecule has 0 aliphatic rings. The molecule has 0 saturated carbocycles. The van der Waals surface area contributed by atoms with E-state index >= 15 is 0 Å². The van der Waals surface area contributed by atoms with Gasteiger partial charge in [-0.15, -0.1) is 0 Å². The van der Waals surface area contributed by atoms with Crippen molar-refractivity contribution in [2.75, 3.05) is 13.7 Å². The number of aliphatic hydroxyl groups is 1. The van der Waals surface area contributed by atoms with Crippen LogP contribution in [0.25, 0.3) is 0 Å².